The molecule has 1 nitrogen and oxygen atoms in total. The van der Waals surface area contributed by atoms with E-state index < -0.39 is 11.7 Å². The van der Waals surface area contributed by atoms with Crippen molar-refractivity contribution < 1.29 is 13.2 Å². The summed E-state index contributed by atoms with van der Waals surface area (Å²) >= 11 is 0. The standard InChI is InChI=1S/C22H28F3N/c1-2-3-4-5-6-7-11-16-26-19-14-15-20(18-12-9-8-10-13-18)21(17-19)22(23,24)25/h8-10,12-15,17,26H,2-7,11,16H2,1H3. The summed E-state index contributed by atoms with van der Waals surface area (Å²) in [6.45, 7) is 2.90. The molecule has 4 heteroatoms. The molecule has 0 radical (unpaired) electrons. The Morgan fingerprint density at radius 1 is 0.808 bits per heavy atom. The molecular formula is C22H28F3N. The van der Waals surface area contributed by atoms with Crippen LogP contribution in [0.5, 0.6) is 0 Å². The summed E-state index contributed by atoms with van der Waals surface area (Å²) in [5.41, 5.74) is 0.745. The lowest BCUT2D eigenvalue weighted by atomic mass is 9.98. The molecule has 0 amide bonds. The Bertz CT molecular complexity index is 650. The predicted octanol–water partition coefficient (Wildman–Crippen LogP) is 7.53. The SMILES string of the molecule is CCCCCCCCCNc1ccc(-c2ccccc2)c(C(F)(F)F)c1. The smallest absolute Gasteiger partial charge is 0.385 e. The van der Waals surface area contributed by atoms with Gasteiger partial charge in [0.25, 0.3) is 0 Å². The molecule has 0 saturated carbocycles. The summed E-state index contributed by atoms with van der Waals surface area (Å²) in [6, 6.07) is 13.2. The molecule has 0 bridgehead atoms. The first-order chi connectivity index (χ1) is 12.5. The van der Waals surface area contributed by atoms with Gasteiger partial charge in [-0.1, -0.05) is 81.8 Å². The molecule has 0 saturated heterocycles. The molecule has 0 aliphatic rings. The molecule has 0 fully saturated rings. The van der Waals surface area contributed by atoms with Crippen LogP contribution in [0, 0.1) is 0 Å². The molecule has 2 aromatic rings. The highest BCUT2D eigenvalue weighted by Crippen LogP contribution is 2.38. The Hall–Kier alpha value is -1.97. The number of unbranched alkanes of at least 4 members (excludes halogenated alkanes) is 6. The first-order valence-corrected chi connectivity index (χ1v) is 9.53. The van der Waals surface area contributed by atoms with E-state index in [0.717, 1.165) is 12.8 Å². The van der Waals surface area contributed by atoms with Crippen LogP contribution in [0.15, 0.2) is 48.5 Å². The Balaban J connectivity index is 1.94. The fraction of sp³-hybridized carbons (Fsp3) is 0.455. The zero-order valence-electron chi connectivity index (χ0n) is 15.4. The third kappa shape index (κ3) is 6.40. The molecule has 0 spiro atoms. The van der Waals surface area contributed by atoms with E-state index in [9.17, 15) is 13.2 Å². The van der Waals surface area contributed by atoms with E-state index in [1.165, 1.54) is 38.2 Å². The summed E-state index contributed by atoms with van der Waals surface area (Å²) < 4.78 is 40.4. The predicted molar refractivity (Wildman–Crippen MR) is 103 cm³/mol. The Morgan fingerprint density at radius 3 is 2.12 bits per heavy atom. The zero-order chi connectivity index (χ0) is 18.8. The van der Waals surface area contributed by atoms with Crippen LogP contribution in [-0.4, -0.2) is 6.54 Å². The molecule has 1 N–H and O–H groups in total. The second kappa shape index (κ2) is 10.2. The normalized spacial score (nSPS) is 11.5. The van der Waals surface area contributed by atoms with Gasteiger partial charge < -0.3 is 5.32 Å². The van der Waals surface area contributed by atoms with Gasteiger partial charge in [0.05, 0.1) is 5.56 Å². The Morgan fingerprint density at radius 2 is 1.46 bits per heavy atom. The topological polar surface area (TPSA) is 12.0 Å². The summed E-state index contributed by atoms with van der Waals surface area (Å²) in [5, 5.41) is 3.14. The van der Waals surface area contributed by atoms with Crippen molar-refractivity contribution >= 4 is 5.69 Å². The van der Waals surface area contributed by atoms with Crippen molar-refractivity contribution in [2.45, 2.75) is 58.0 Å². The molecule has 26 heavy (non-hydrogen) atoms. The second-order valence-corrected chi connectivity index (χ2v) is 6.67. The minimum atomic E-state index is -4.37. The number of alkyl halides is 3. The van der Waals surface area contributed by atoms with Crippen LogP contribution in [0.25, 0.3) is 11.1 Å². The van der Waals surface area contributed by atoms with Gasteiger partial charge in [-0.05, 0) is 29.7 Å². The van der Waals surface area contributed by atoms with Gasteiger partial charge in [-0.2, -0.15) is 13.2 Å². The van der Waals surface area contributed by atoms with Crippen molar-refractivity contribution in [2.75, 3.05) is 11.9 Å². The van der Waals surface area contributed by atoms with E-state index in [-0.39, 0.29) is 5.56 Å². The third-order valence-electron chi connectivity index (χ3n) is 4.52. The maximum atomic E-state index is 13.5. The minimum Gasteiger partial charge on any atom is -0.385 e. The molecule has 0 aromatic heterocycles. The number of anilines is 1. The Kier molecular flexibility index (Phi) is 8.02. The first kappa shape index (κ1) is 20.3. The monoisotopic (exact) mass is 363 g/mol. The van der Waals surface area contributed by atoms with Crippen LogP contribution in [-0.2, 0) is 6.18 Å². The van der Waals surface area contributed by atoms with Gasteiger partial charge >= 0.3 is 6.18 Å². The van der Waals surface area contributed by atoms with Crippen LogP contribution in [0.2, 0.25) is 0 Å². The third-order valence-corrected chi connectivity index (χ3v) is 4.52. The van der Waals surface area contributed by atoms with Crippen molar-refractivity contribution in [2.24, 2.45) is 0 Å². The van der Waals surface area contributed by atoms with Gasteiger partial charge in [0.2, 0.25) is 0 Å². The number of hydrogen-bond donors (Lipinski definition) is 1. The quantitative estimate of drug-likeness (QED) is 0.430. The minimum absolute atomic E-state index is 0.222. The Labute approximate surface area is 154 Å². The fourth-order valence-electron chi connectivity index (χ4n) is 3.07. The number of nitrogens with one attached hydrogen (secondary N) is 1. The van der Waals surface area contributed by atoms with Crippen molar-refractivity contribution in [1.82, 2.24) is 0 Å². The van der Waals surface area contributed by atoms with E-state index in [0.29, 0.717) is 17.8 Å². The molecule has 2 aromatic carbocycles. The van der Waals surface area contributed by atoms with E-state index in [2.05, 4.69) is 12.2 Å². The van der Waals surface area contributed by atoms with Crippen molar-refractivity contribution in [1.29, 1.82) is 0 Å². The lowest BCUT2D eigenvalue weighted by Crippen LogP contribution is -2.09. The molecular weight excluding hydrogens is 335 g/mol. The lowest BCUT2D eigenvalue weighted by molar-refractivity contribution is -0.137. The molecule has 2 rings (SSSR count). The van der Waals surface area contributed by atoms with Crippen molar-refractivity contribution in [3.8, 4) is 11.1 Å². The number of hydrogen-bond acceptors (Lipinski definition) is 1. The highest BCUT2D eigenvalue weighted by atomic mass is 19.4. The summed E-state index contributed by atoms with van der Waals surface area (Å²) in [6.07, 6.45) is 3.97. The summed E-state index contributed by atoms with van der Waals surface area (Å²) in [7, 11) is 0. The second-order valence-electron chi connectivity index (χ2n) is 6.67. The molecule has 0 heterocycles. The number of rotatable bonds is 10. The molecule has 0 aliphatic carbocycles. The van der Waals surface area contributed by atoms with Gasteiger partial charge in [0.1, 0.15) is 0 Å². The van der Waals surface area contributed by atoms with Crippen molar-refractivity contribution in [3.05, 3.63) is 54.1 Å². The van der Waals surface area contributed by atoms with Gasteiger partial charge in [-0.25, -0.2) is 0 Å². The van der Waals surface area contributed by atoms with Crippen LogP contribution in [0.3, 0.4) is 0 Å². The molecule has 0 atom stereocenters. The van der Waals surface area contributed by atoms with Crippen LogP contribution in [0.4, 0.5) is 18.9 Å². The molecule has 0 aliphatic heterocycles. The van der Waals surface area contributed by atoms with Crippen LogP contribution < -0.4 is 5.32 Å². The molecule has 142 valence electrons. The fourth-order valence-corrected chi connectivity index (χ4v) is 3.07. The average molecular weight is 363 g/mol. The van der Waals surface area contributed by atoms with Crippen LogP contribution >= 0.6 is 0 Å². The zero-order valence-corrected chi connectivity index (χ0v) is 15.4. The maximum absolute atomic E-state index is 13.5. The highest BCUT2D eigenvalue weighted by Gasteiger charge is 2.33. The van der Waals surface area contributed by atoms with Gasteiger partial charge in [0.15, 0.2) is 0 Å². The van der Waals surface area contributed by atoms with Crippen molar-refractivity contribution in [3.63, 3.8) is 0 Å². The maximum Gasteiger partial charge on any atom is 0.417 e. The largest absolute Gasteiger partial charge is 0.417 e. The summed E-state index contributed by atoms with van der Waals surface area (Å²) in [5.74, 6) is 0. The lowest BCUT2D eigenvalue weighted by Gasteiger charge is -2.16. The molecule has 0 unspecified atom stereocenters. The van der Waals surface area contributed by atoms with Gasteiger partial charge in [-0.15, -0.1) is 0 Å². The van der Waals surface area contributed by atoms with E-state index in [1.54, 1.807) is 42.5 Å². The van der Waals surface area contributed by atoms with Crippen LogP contribution in [0.1, 0.15) is 57.4 Å². The van der Waals surface area contributed by atoms with Gasteiger partial charge in [-0.3, -0.25) is 0 Å². The van der Waals surface area contributed by atoms with Gasteiger partial charge in [0, 0.05) is 12.2 Å². The van der Waals surface area contributed by atoms with E-state index >= 15 is 0 Å². The first-order valence-electron chi connectivity index (χ1n) is 9.53. The summed E-state index contributed by atoms with van der Waals surface area (Å²) in [4.78, 5) is 0. The average Bonchev–Trinajstić information content (AvgIpc) is 2.64. The number of halogens is 3. The van der Waals surface area contributed by atoms with E-state index in [4.69, 9.17) is 0 Å². The highest BCUT2D eigenvalue weighted by molar-refractivity contribution is 5.71. The number of benzene rings is 2. The van der Waals surface area contributed by atoms with E-state index in [1.807, 2.05) is 0 Å².